The zero-order valence-corrected chi connectivity index (χ0v) is 7.99. The normalized spacial score (nSPS) is 9.14. The molecule has 14 heavy (non-hydrogen) atoms. The Morgan fingerprint density at radius 3 is 2.57 bits per heavy atom. The molecule has 0 amide bonds. The summed E-state index contributed by atoms with van der Waals surface area (Å²) in [4.78, 5) is 10.9. The van der Waals surface area contributed by atoms with Gasteiger partial charge in [0.25, 0.3) is 0 Å². The summed E-state index contributed by atoms with van der Waals surface area (Å²) in [6, 6.07) is 8.69. The number of ether oxygens (including phenoxy) is 1. The van der Waals surface area contributed by atoms with Crippen molar-refractivity contribution in [2.75, 3.05) is 6.61 Å². The van der Waals surface area contributed by atoms with E-state index < -0.39 is 0 Å². The smallest absolute Gasteiger partial charge is 0.169 e. The van der Waals surface area contributed by atoms with E-state index in [-0.39, 0.29) is 12.4 Å². The van der Waals surface area contributed by atoms with Crippen LogP contribution >= 0.6 is 0 Å². The predicted molar refractivity (Wildman–Crippen MR) is 52.0 cm³/mol. The average molecular weight is 189 g/mol. The van der Waals surface area contributed by atoms with Gasteiger partial charge < -0.3 is 4.74 Å². The summed E-state index contributed by atoms with van der Waals surface area (Å²) in [6.07, 6.45) is 0.482. The van der Waals surface area contributed by atoms with Crippen LogP contribution < -0.4 is 4.74 Å². The predicted octanol–water partition coefficient (Wildman–Crippen LogP) is 1.92. The maximum absolute atomic E-state index is 10.9. The molecule has 0 aliphatic heterocycles. The number of rotatable bonds is 4. The van der Waals surface area contributed by atoms with Gasteiger partial charge in [0.1, 0.15) is 12.4 Å². The van der Waals surface area contributed by atoms with Crippen LogP contribution in [0.25, 0.3) is 0 Å². The molecule has 0 aliphatic rings. The quantitative estimate of drug-likeness (QED) is 0.727. The third-order valence-corrected chi connectivity index (χ3v) is 1.78. The van der Waals surface area contributed by atoms with Crippen molar-refractivity contribution in [2.45, 2.75) is 13.3 Å². The Morgan fingerprint density at radius 2 is 2.07 bits per heavy atom. The fourth-order valence-corrected chi connectivity index (χ4v) is 0.892. The maximum Gasteiger partial charge on any atom is 0.169 e. The Kier molecular flexibility index (Phi) is 3.69. The van der Waals surface area contributed by atoms with Crippen molar-refractivity contribution < 1.29 is 9.53 Å². The van der Waals surface area contributed by atoms with Gasteiger partial charge in [0.15, 0.2) is 5.78 Å². The molecule has 0 aromatic heterocycles. The van der Waals surface area contributed by atoms with Gasteiger partial charge in [-0.25, -0.2) is 0 Å². The second kappa shape index (κ2) is 5.03. The molecule has 0 radical (unpaired) electrons. The number of carbonyl (C=O) groups is 1. The Bertz CT molecular complexity index is 349. The van der Waals surface area contributed by atoms with Gasteiger partial charge in [-0.05, 0) is 24.3 Å². The molecule has 0 fully saturated rings. The summed E-state index contributed by atoms with van der Waals surface area (Å²) in [6.45, 7) is 1.90. The lowest BCUT2D eigenvalue weighted by molar-refractivity contribution is -0.120. The highest BCUT2D eigenvalue weighted by Gasteiger charge is 1.99. The van der Waals surface area contributed by atoms with E-state index in [1.165, 1.54) is 0 Å². The molecule has 0 saturated carbocycles. The first-order chi connectivity index (χ1) is 6.76. The molecular formula is C11H11NO2. The third-order valence-electron chi connectivity index (χ3n) is 1.78. The Labute approximate surface area is 82.9 Å². The summed E-state index contributed by atoms with van der Waals surface area (Å²) in [5, 5.41) is 8.54. The molecule has 0 spiro atoms. The van der Waals surface area contributed by atoms with Gasteiger partial charge in [-0.1, -0.05) is 6.92 Å². The van der Waals surface area contributed by atoms with Gasteiger partial charge in [0, 0.05) is 6.42 Å². The van der Waals surface area contributed by atoms with E-state index in [9.17, 15) is 4.79 Å². The van der Waals surface area contributed by atoms with Crippen molar-refractivity contribution in [1.82, 2.24) is 0 Å². The minimum atomic E-state index is 0.0642. The van der Waals surface area contributed by atoms with Gasteiger partial charge in [0.05, 0.1) is 11.6 Å². The summed E-state index contributed by atoms with van der Waals surface area (Å²) in [5.74, 6) is 0.681. The number of Topliss-reactive ketones (excluding diaryl/α,β-unsaturated/α-hetero) is 1. The fourth-order valence-electron chi connectivity index (χ4n) is 0.892. The van der Waals surface area contributed by atoms with Crippen molar-refractivity contribution in [2.24, 2.45) is 0 Å². The molecule has 0 N–H and O–H groups in total. The molecule has 0 atom stereocenters. The summed E-state index contributed by atoms with van der Waals surface area (Å²) >= 11 is 0. The van der Waals surface area contributed by atoms with Crippen LogP contribution in [0.4, 0.5) is 0 Å². The minimum absolute atomic E-state index is 0.0642. The topological polar surface area (TPSA) is 50.1 Å². The highest BCUT2D eigenvalue weighted by molar-refractivity contribution is 5.79. The van der Waals surface area contributed by atoms with Gasteiger partial charge >= 0.3 is 0 Å². The zero-order valence-electron chi connectivity index (χ0n) is 7.99. The molecule has 0 saturated heterocycles. The van der Waals surface area contributed by atoms with Crippen molar-refractivity contribution in [1.29, 1.82) is 5.26 Å². The van der Waals surface area contributed by atoms with Crippen LogP contribution in [0.3, 0.4) is 0 Å². The van der Waals surface area contributed by atoms with Crippen LogP contribution in [0.1, 0.15) is 18.9 Å². The molecule has 1 aromatic carbocycles. The first-order valence-electron chi connectivity index (χ1n) is 4.41. The molecule has 1 rings (SSSR count). The second-order valence-electron chi connectivity index (χ2n) is 2.82. The monoisotopic (exact) mass is 189 g/mol. The van der Waals surface area contributed by atoms with Crippen LogP contribution in [-0.2, 0) is 4.79 Å². The zero-order chi connectivity index (χ0) is 10.4. The van der Waals surface area contributed by atoms with Crippen LogP contribution in [0, 0.1) is 11.3 Å². The summed E-state index contributed by atoms with van der Waals surface area (Å²) < 4.78 is 5.20. The Hall–Kier alpha value is -1.82. The number of carbonyl (C=O) groups excluding carboxylic acids is 1. The fraction of sp³-hybridized carbons (Fsp3) is 0.273. The lowest BCUT2D eigenvalue weighted by atomic mass is 10.2. The molecular weight excluding hydrogens is 178 g/mol. The Morgan fingerprint density at radius 1 is 1.43 bits per heavy atom. The second-order valence-corrected chi connectivity index (χ2v) is 2.82. The van der Waals surface area contributed by atoms with Gasteiger partial charge in [-0.15, -0.1) is 0 Å². The van der Waals surface area contributed by atoms with E-state index in [2.05, 4.69) is 0 Å². The third kappa shape index (κ3) is 2.91. The first-order valence-corrected chi connectivity index (χ1v) is 4.41. The molecule has 3 nitrogen and oxygen atoms in total. The van der Waals surface area contributed by atoms with Crippen LogP contribution in [0.5, 0.6) is 5.75 Å². The van der Waals surface area contributed by atoms with E-state index in [0.717, 1.165) is 0 Å². The van der Waals surface area contributed by atoms with Crippen LogP contribution in [-0.4, -0.2) is 12.4 Å². The van der Waals surface area contributed by atoms with Gasteiger partial charge in [0.2, 0.25) is 0 Å². The number of nitrogens with zero attached hydrogens (tertiary/aromatic N) is 1. The number of ketones is 1. The van der Waals surface area contributed by atoms with Crippen molar-refractivity contribution in [3.05, 3.63) is 29.8 Å². The maximum atomic E-state index is 10.9. The van der Waals surface area contributed by atoms with E-state index >= 15 is 0 Å². The van der Waals surface area contributed by atoms with E-state index in [0.29, 0.717) is 17.7 Å². The first kappa shape index (κ1) is 10.3. The van der Waals surface area contributed by atoms with Crippen LogP contribution in [0.2, 0.25) is 0 Å². The molecule has 1 aromatic rings. The lowest BCUT2D eigenvalue weighted by Crippen LogP contribution is -2.09. The number of hydrogen-bond donors (Lipinski definition) is 0. The van der Waals surface area contributed by atoms with E-state index in [1.54, 1.807) is 31.2 Å². The largest absolute Gasteiger partial charge is 0.486 e. The van der Waals surface area contributed by atoms with Crippen molar-refractivity contribution in [3.8, 4) is 11.8 Å². The molecule has 0 aliphatic carbocycles. The molecule has 72 valence electrons. The molecule has 0 heterocycles. The van der Waals surface area contributed by atoms with E-state index in [1.807, 2.05) is 6.07 Å². The standard InChI is InChI=1S/C11H11NO2/c1-2-10(13)8-14-11-5-3-9(7-12)4-6-11/h3-6H,2,8H2,1H3. The molecule has 3 heteroatoms. The minimum Gasteiger partial charge on any atom is -0.486 e. The summed E-state index contributed by atoms with van der Waals surface area (Å²) in [7, 11) is 0. The number of hydrogen-bond acceptors (Lipinski definition) is 3. The van der Waals surface area contributed by atoms with Gasteiger partial charge in [-0.2, -0.15) is 5.26 Å². The highest BCUT2D eigenvalue weighted by atomic mass is 16.5. The number of nitriles is 1. The Balaban J connectivity index is 2.53. The van der Waals surface area contributed by atoms with Crippen molar-refractivity contribution >= 4 is 5.78 Å². The SMILES string of the molecule is CCC(=O)COc1ccc(C#N)cc1. The lowest BCUT2D eigenvalue weighted by Gasteiger charge is -2.03. The molecule has 0 unspecified atom stereocenters. The van der Waals surface area contributed by atoms with Crippen molar-refractivity contribution in [3.63, 3.8) is 0 Å². The average Bonchev–Trinajstić information content (AvgIpc) is 2.26. The van der Waals surface area contributed by atoms with E-state index in [4.69, 9.17) is 10.00 Å². The summed E-state index contributed by atoms with van der Waals surface area (Å²) in [5.41, 5.74) is 0.583. The highest BCUT2D eigenvalue weighted by Crippen LogP contribution is 2.11. The van der Waals surface area contributed by atoms with Crippen LogP contribution in [0.15, 0.2) is 24.3 Å². The van der Waals surface area contributed by atoms with Gasteiger partial charge in [-0.3, -0.25) is 4.79 Å². The molecule has 0 bridgehead atoms. The number of benzene rings is 1.